The van der Waals surface area contributed by atoms with Crippen LogP contribution < -0.4 is 15.0 Å². The minimum absolute atomic E-state index is 0.241. The Balaban J connectivity index is 1.70. The molecule has 0 aliphatic heterocycles. The highest BCUT2D eigenvalue weighted by Gasteiger charge is 2.19. The van der Waals surface area contributed by atoms with E-state index in [9.17, 15) is 4.79 Å². The molecule has 2 heterocycles. The lowest BCUT2D eigenvalue weighted by Crippen LogP contribution is -2.20. The van der Waals surface area contributed by atoms with Crippen molar-refractivity contribution in [1.29, 1.82) is 0 Å². The van der Waals surface area contributed by atoms with E-state index in [4.69, 9.17) is 42.1 Å². The molecule has 188 valence electrons. The van der Waals surface area contributed by atoms with Crippen molar-refractivity contribution in [2.45, 2.75) is 13.8 Å². The molecule has 0 fully saturated rings. The monoisotopic (exact) mass is 599 g/mol. The second-order valence-electron chi connectivity index (χ2n) is 7.89. The molecule has 5 rings (SSSR count). The van der Waals surface area contributed by atoms with Gasteiger partial charge in [-0.05, 0) is 72.2 Å². The van der Waals surface area contributed by atoms with Gasteiger partial charge in [-0.1, -0.05) is 35.3 Å². The van der Waals surface area contributed by atoms with E-state index in [1.165, 1.54) is 10.9 Å². The molecule has 5 aromatic rings. The van der Waals surface area contributed by atoms with Crippen LogP contribution in [-0.4, -0.2) is 29.1 Å². The molecular weight excluding hydrogens is 581 g/mol. The summed E-state index contributed by atoms with van der Waals surface area (Å²) in [5, 5.41) is 6.63. The summed E-state index contributed by atoms with van der Waals surface area (Å²) >= 11 is 16.2. The second-order valence-corrected chi connectivity index (χ2v) is 9.50. The van der Waals surface area contributed by atoms with E-state index >= 15 is 0 Å². The Morgan fingerprint density at radius 1 is 1.08 bits per heavy atom. The van der Waals surface area contributed by atoms with Crippen LogP contribution in [0.25, 0.3) is 33.5 Å². The van der Waals surface area contributed by atoms with Crippen molar-refractivity contribution in [3.05, 3.63) is 85.0 Å². The highest BCUT2D eigenvalue weighted by molar-refractivity contribution is 9.10. The topological polar surface area (TPSA) is 78.9 Å². The number of halogens is 3. The third-order valence-corrected chi connectivity index (χ3v) is 7.19. The van der Waals surface area contributed by atoms with E-state index in [2.05, 4.69) is 21.0 Å². The lowest BCUT2D eigenvalue weighted by Gasteiger charge is -2.15. The number of fused-ring (bicyclic) bond motifs is 2. The molecule has 0 saturated heterocycles. The Labute approximate surface area is 230 Å². The molecule has 0 aliphatic carbocycles. The summed E-state index contributed by atoms with van der Waals surface area (Å²) < 4.78 is 19.2. The van der Waals surface area contributed by atoms with Crippen LogP contribution in [-0.2, 0) is 0 Å². The Bertz CT molecular complexity index is 1730. The van der Waals surface area contributed by atoms with E-state index in [1.54, 1.807) is 48.5 Å². The maximum atomic E-state index is 13.5. The molecule has 0 unspecified atom stereocenters. The Hall–Kier alpha value is -3.33. The zero-order valence-electron chi connectivity index (χ0n) is 19.8. The quantitative estimate of drug-likeness (QED) is 0.180. The molecule has 0 saturated carbocycles. The van der Waals surface area contributed by atoms with E-state index in [-0.39, 0.29) is 11.4 Å². The molecule has 0 spiro atoms. The number of rotatable bonds is 7. The molecule has 7 nitrogen and oxygen atoms in total. The molecule has 37 heavy (non-hydrogen) atoms. The highest BCUT2D eigenvalue weighted by Crippen LogP contribution is 2.42. The van der Waals surface area contributed by atoms with Crippen LogP contribution in [0.2, 0.25) is 10.0 Å². The van der Waals surface area contributed by atoms with Crippen molar-refractivity contribution in [2.75, 3.05) is 13.2 Å². The first-order valence-electron chi connectivity index (χ1n) is 11.4. The zero-order chi connectivity index (χ0) is 26.1. The van der Waals surface area contributed by atoms with Crippen molar-refractivity contribution in [2.24, 2.45) is 5.10 Å². The number of aromatic nitrogens is 2. The molecule has 0 amide bonds. The fourth-order valence-electron chi connectivity index (χ4n) is 3.87. The first kappa shape index (κ1) is 25.3. The zero-order valence-corrected chi connectivity index (χ0v) is 22.9. The van der Waals surface area contributed by atoms with Crippen LogP contribution in [0.15, 0.2) is 73.4 Å². The standard InChI is InChI=1S/C27H20BrCl2N3O4/c1-3-35-21-13-16(23(28)24(30)25(21)36-4-2)14-31-33-26(32-19-8-6-5-7-18(19)27(33)34)22-12-15-11-17(29)9-10-20(15)37-22/h5-14H,3-4H2,1-2H3. The average Bonchev–Trinajstić information content (AvgIpc) is 3.31. The minimum Gasteiger partial charge on any atom is -0.490 e. The lowest BCUT2D eigenvalue weighted by molar-refractivity contribution is 0.287. The Morgan fingerprint density at radius 3 is 2.65 bits per heavy atom. The van der Waals surface area contributed by atoms with Crippen LogP contribution in [0.5, 0.6) is 11.5 Å². The number of benzene rings is 3. The first-order valence-corrected chi connectivity index (χ1v) is 13.0. The van der Waals surface area contributed by atoms with Gasteiger partial charge >= 0.3 is 0 Å². The fourth-order valence-corrected chi connectivity index (χ4v) is 4.71. The van der Waals surface area contributed by atoms with Gasteiger partial charge in [0.2, 0.25) is 5.82 Å². The maximum absolute atomic E-state index is 13.5. The minimum atomic E-state index is -0.353. The fraction of sp³-hybridized carbons (Fsp3) is 0.148. The van der Waals surface area contributed by atoms with Gasteiger partial charge in [-0.2, -0.15) is 9.78 Å². The van der Waals surface area contributed by atoms with Crippen LogP contribution in [0.1, 0.15) is 19.4 Å². The average molecular weight is 601 g/mol. The van der Waals surface area contributed by atoms with Gasteiger partial charge < -0.3 is 13.9 Å². The molecule has 3 aromatic carbocycles. The molecule has 0 aliphatic rings. The van der Waals surface area contributed by atoms with Crippen LogP contribution in [0.4, 0.5) is 0 Å². The maximum Gasteiger partial charge on any atom is 0.282 e. The van der Waals surface area contributed by atoms with Crippen LogP contribution >= 0.6 is 39.1 Å². The SMILES string of the molecule is CCOc1cc(C=Nn2c(-c3cc4cc(Cl)ccc4o3)nc3ccccc3c2=O)c(Br)c(Cl)c1OCC. The van der Waals surface area contributed by atoms with Crippen LogP contribution in [0.3, 0.4) is 0 Å². The summed E-state index contributed by atoms with van der Waals surface area (Å²) in [6, 6.07) is 15.9. The van der Waals surface area contributed by atoms with Gasteiger partial charge in [-0.3, -0.25) is 4.79 Å². The van der Waals surface area contributed by atoms with Crippen LogP contribution in [0, 0.1) is 0 Å². The van der Waals surface area contributed by atoms with Gasteiger partial charge in [0.1, 0.15) is 10.6 Å². The number of nitrogens with zero attached hydrogens (tertiary/aromatic N) is 3. The molecule has 0 bridgehead atoms. The smallest absolute Gasteiger partial charge is 0.282 e. The van der Waals surface area contributed by atoms with E-state index in [0.29, 0.717) is 67.0 Å². The molecular formula is C27H20BrCl2N3O4. The Morgan fingerprint density at radius 2 is 1.86 bits per heavy atom. The Kier molecular flexibility index (Phi) is 7.24. The molecule has 0 atom stereocenters. The van der Waals surface area contributed by atoms with Gasteiger partial charge in [-0.15, -0.1) is 0 Å². The predicted octanol–water partition coefficient (Wildman–Crippen LogP) is 7.56. The van der Waals surface area contributed by atoms with Crippen molar-refractivity contribution in [3.8, 4) is 23.1 Å². The summed E-state index contributed by atoms with van der Waals surface area (Å²) in [6.45, 7) is 4.57. The summed E-state index contributed by atoms with van der Waals surface area (Å²) in [7, 11) is 0. The van der Waals surface area contributed by atoms with Gasteiger partial charge in [0.15, 0.2) is 17.3 Å². The highest BCUT2D eigenvalue weighted by atomic mass is 79.9. The van der Waals surface area contributed by atoms with Crippen molar-refractivity contribution >= 4 is 67.2 Å². The van der Waals surface area contributed by atoms with E-state index in [1.807, 2.05) is 19.9 Å². The van der Waals surface area contributed by atoms with Crippen molar-refractivity contribution in [3.63, 3.8) is 0 Å². The molecule has 0 N–H and O–H groups in total. The van der Waals surface area contributed by atoms with Gasteiger partial charge in [0.05, 0.1) is 30.3 Å². The van der Waals surface area contributed by atoms with Crippen molar-refractivity contribution < 1.29 is 13.9 Å². The first-order chi connectivity index (χ1) is 17.9. The third kappa shape index (κ3) is 4.84. The molecule has 2 aromatic heterocycles. The number of furan rings is 1. The number of hydrogen-bond donors (Lipinski definition) is 0. The van der Waals surface area contributed by atoms with E-state index < -0.39 is 0 Å². The predicted molar refractivity (Wildman–Crippen MR) is 151 cm³/mol. The number of para-hydroxylation sites is 1. The van der Waals surface area contributed by atoms with Crippen molar-refractivity contribution in [1.82, 2.24) is 9.66 Å². The third-order valence-electron chi connectivity index (χ3n) is 5.51. The van der Waals surface area contributed by atoms with Gasteiger partial charge in [-0.25, -0.2) is 4.98 Å². The lowest BCUT2D eigenvalue weighted by atomic mass is 10.2. The number of hydrogen-bond acceptors (Lipinski definition) is 6. The van der Waals surface area contributed by atoms with Gasteiger partial charge in [0, 0.05) is 20.4 Å². The molecule has 0 radical (unpaired) electrons. The summed E-state index contributed by atoms with van der Waals surface area (Å²) in [5.74, 6) is 1.51. The summed E-state index contributed by atoms with van der Waals surface area (Å²) in [6.07, 6.45) is 1.51. The second kappa shape index (κ2) is 10.6. The molecule has 10 heteroatoms. The summed E-state index contributed by atoms with van der Waals surface area (Å²) in [4.78, 5) is 18.2. The summed E-state index contributed by atoms with van der Waals surface area (Å²) in [5.41, 5.74) is 1.36. The van der Waals surface area contributed by atoms with Gasteiger partial charge in [0.25, 0.3) is 5.56 Å². The largest absolute Gasteiger partial charge is 0.490 e. The van der Waals surface area contributed by atoms with E-state index in [0.717, 1.165) is 5.39 Å². The normalized spacial score (nSPS) is 11.6. The number of ether oxygens (including phenoxy) is 2.